The topological polar surface area (TPSA) is 92.8 Å². The predicted molar refractivity (Wildman–Crippen MR) is 112 cm³/mol. The van der Waals surface area contributed by atoms with Crippen LogP contribution in [0.3, 0.4) is 0 Å². The van der Waals surface area contributed by atoms with Crippen LogP contribution in [0.25, 0.3) is 0 Å². The van der Waals surface area contributed by atoms with E-state index in [-0.39, 0.29) is 29.8 Å². The van der Waals surface area contributed by atoms with Gasteiger partial charge in [-0.15, -0.1) is 11.8 Å². The van der Waals surface area contributed by atoms with Crippen LogP contribution in [0, 0.1) is 23.7 Å². The lowest BCUT2D eigenvalue weighted by atomic mass is 9.86. The first-order chi connectivity index (χ1) is 13.9. The summed E-state index contributed by atoms with van der Waals surface area (Å²) >= 11 is 0. The second-order valence-corrected chi connectivity index (χ2v) is 8.20. The number of fused-ring (bicyclic) bond motifs is 3. The van der Waals surface area contributed by atoms with E-state index < -0.39 is 12.2 Å². The average Bonchev–Trinajstić information content (AvgIpc) is 3.19. The molecule has 2 aliphatic rings. The molecule has 0 saturated heterocycles. The van der Waals surface area contributed by atoms with Crippen molar-refractivity contribution in [3.8, 4) is 17.6 Å². The van der Waals surface area contributed by atoms with E-state index >= 15 is 0 Å². The van der Waals surface area contributed by atoms with E-state index in [1.54, 1.807) is 13.0 Å². The van der Waals surface area contributed by atoms with E-state index in [0.29, 0.717) is 25.7 Å². The number of aliphatic hydroxyl groups is 2. The number of nitrogens with two attached hydrogens (primary N) is 1. The molecule has 1 amide bonds. The van der Waals surface area contributed by atoms with Crippen molar-refractivity contribution >= 4 is 5.91 Å². The van der Waals surface area contributed by atoms with Crippen LogP contribution in [0.2, 0.25) is 0 Å². The summed E-state index contributed by atoms with van der Waals surface area (Å²) in [6.45, 7) is 3.77. The van der Waals surface area contributed by atoms with E-state index in [1.807, 2.05) is 25.1 Å². The molecule has 0 radical (unpaired) electrons. The van der Waals surface area contributed by atoms with Crippen LogP contribution in [0.4, 0.5) is 0 Å². The van der Waals surface area contributed by atoms with Crippen molar-refractivity contribution in [2.75, 3.05) is 0 Å². The molecule has 5 heteroatoms. The highest BCUT2D eigenvalue weighted by Crippen LogP contribution is 2.52. The van der Waals surface area contributed by atoms with Crippen molar-refractivity contribution in [1.29, 1.82) is 0 Å². The second-order valence-electron chi connectivity index (χ2n) is 8.20. The second kappa shape index (κ2) is 9.47. The lowest BCUT2D eigenvalue weighted by molar-refractivity contribution is -0.118. The van der Waals surface area contributed by atoms with Crippen molar-refractivity contribution in [3.63, 3.8) is 0 Å². The Hall–Kier alpha value is -2.29. The van der Waals surface area contributed by atoms with Gasteiger partial charge in [0.05, 0.1) is 12.2 Å². The minimum absolute atomic E-state index is 0.0389. The SMILES string of the molecule is CC#CC[C@H](C)[C@H](O)C=C[C@@H]1[C@H]2c3cccc(CCCC(N)=O)c3O[C@H]2C[C@H]1O. The van der Waals surface area contributed by atoms with E-state index in [4.69, 9.17) is 10.5 Å². The summed E-state index contributed by atoms with van der Waals surface area (Å²) in [4.78, 5) is 11.0. The maximum atomic E-state index is 11.0. The van der Waals surface area contributed by atoms with Gasteiger partial charge in [-0.25, -0.2) is 0 Å². The van der Waals surface area contributed by atoms with Crippen LogP contribution in [0.1, 0.15) is 56.6 Å². The molecule has 0 spiro atoms. The van der Waals surface area contributed by atoms with Gasteiger partial charge in [0.1, 0.15) is 11.9 Å². The van der Waals surface area contributed by atoms with E-state index in [9.17, 15) is 15.0 Å². The molecule has 1 aromatic carbocycles. The Morgan fingerprint density at radius 3 is 2.97 bits per heavy atom. The zero-order valence-electron chi connectivity index (χ0n) is 17.2. The van der Waals surface area contributed by atoms with Gasteiger partial charge in [-0.05, 0) is 31.2 Å². The maximum Gasteiger partial charge on any atom is 0.217 e. The number of carbonyl (C=O) groups is 1. The van der Waals surface area contributed by atoms with Crippen molar-refractivity contribution < 1.29 is 19.7 Å². The molecule has 4 N–H and O–H groups in total. The minimum Gasteiger partial charge on any atom is -0.489 e. The van der Waals surface area contributed by atoms with Crippen molar-refractivity contribution in [2.24, 2.45) is 17.6 Å². The van der Waals surface area contributed by atoms with Crippen LogP contribution in [-0.2, 0) is 11.2 Å². The molecule has 156 valence electrons. The molecule has 1 saturated carbocycles. The molecule has 1 fully saturated rings. The molecule has 6 atom stereocenters. The molecular formula is C24H31NO4. The number of carbonyl (C=O) groups excluding carboxylic acids is 1. The molecule has 1 aliphatic heterocycles. The fourth-order valence-corrected chi connectivity index (χ4v) is 4.43. The molecule has 3 rings (SSSR count). The van der Waals surface area contributed by atoms with Gasteiger partial charge >= 0.3 is 0 Å². The summed E-state index contributed by atoms with van der Waals surface area (Å²) in [5, 5.41) is 21.0. The Labute approximate surface area is 173 Å². The quantitative estimate of drug-likeness (QED) is 0.464. The third kappa shape index (κ3) is 4.83. The largest absolute Gasteiger partial charge is 0.489 e. The summed E-state index contributed by atoms with van der Waals surface area (Å²) in [5.41, 5.74) is 7.44. The summed E-state index contributed by atoms with van der Waals surface area (Å²) in [6.07, 6.45) is 5.61. The Kier molecular flexibility index (Phi) is 7.00. The Balaban J connectivity index is 1.75. The lowest BCUT2D eigenvalue weighted by Gasteiger charge is -2.19. The summed E-state index contributed by atoms with van der Waals surface area (Å²) in [5.74, 6) is 6.48. The Morgan fingerprint density at radius 1 is 1.45 bits per heavy atom. The highest BCUT2D eigenvalue weighted by atomic mass is 16.5. The van der Waals surface area contributed by atoms with Crippen LogP contribution in [0.15, 0.2) is 30.4 Å². The molecule has 0 unspecified atom stereocenters. The number of hydrogen-bond donors (Lipinski definition) is 3. The maximum absolute atomic E-state index is 11.0. The fourth-order valence-electron chi connectivity index (χ4n) is 4.43. The van der Waals surface area contributed by atoms with Gasteiger partial charge in [-0.3, -0.25) is 4.79 Å². The molecule has 1 heterocycles. The number of ether oxygens (including phenoxy) is 1. The minimum atomic E-state index is -0.593. The third-order valence-electron chi connectivity index (χ3n) is 6.07. The fraction of sp³-hybridized carbons (Fsp3) is 0.542. The van der Waals surface area contributed by atoms with Gasteiger partial charge in [0.25, 0.3) is 0 Å². The number of hydrogen-bond acceptors (Lipinski definition) is 4. The van der Waals surface area contributed by atoms with Gasteiger partial charge in [-0.2, -0.15) is 0 Å². The molecule has 0 aromatic heterocycles. The van der Waals surface area contributed by atoms with E-state index in [1.165, 1.54) is 0 Å². The Morgan fingerprint density at radius 2 is 2.24 bits per heavy atom. The highest BCUT2D eigenvalue weighted by Gasteiger charge is 2.48. The predicted octanol–water partition coefficient (Wildman–Crippen LogP) is 2.69. The zero-order chi connectivity index (χ0) is 21.0. The molecule has 29 heavy (non-hydrogen) atoms. The average molecular weight is 398 g/mol. The Bertz CT molecular complexity index is 822. The monoisotopic (exact) mass is 397 g/mol. The van der Waals surface area contributed by atoms with Crippen LogP contribution in [-0.4, -0.2) is 34.4 Å². The first kappa shape index (κ1) is 21.4. The van der Waals surface area contributed by atoms with Crippen LogP contribution >= 0.6 is 0 Å². The van der Waals surface area contributed by atoms with Crippen LogP contribution < -0.4 is 10.5 Å². The van der Waals surface area contributed by atoms with E-state index in [0.717, 1.165) is 23.3 Å². The summed E-state index contributed by atoms with van der Waals surface area (Å²) in [6, 6.07) is 6.10. The number of rotatable bonds is 8. The van der Waals surface area contributed by atoms with Gasteiger partial charge in [-0.1, -0.05) is 37.3 Å². The highest BCUT2D eigenvalue weighted by molar-refractivity contribution is 5.73. The molecule has 5 nitrogen and oxygen atoms in total. The van der Waals surface area contributed by atoms with Gasteiger partial charge in [0.2, 0.25) is 5.91 Å². The standard InChI is InChI=1S/C24H31NO4/c1-3-4-7-15(2)19(26)13-12-17-20(27)14-21-23(17)18-10-5-8-16(24(18)29-21)9-6-11-22(25)28/h5,8,10,12-13,15,17,19-21,23,26-27H,6-7,9,11,14H2,1-2H3,(H2,25,28)/t15-,17-,19+,20+,21-,23-/m0/s1. The first-order valence-electron chi connectivity index (χ1n) is 10.4. The third-order valence-corrected chi connectivity index (χ3v) is 6.07. The van der Waals surface area contributed by atoms with Crippen LogP contribution in [0.5, 0.6) is 5.75 Å². The van der Waals surface area contributed by atoms with Gasteiger partial charge < -0.3 is 20.7 Å². The van der Waals surface area contributed by atoms with Crippen molar-refractivity contribution in [2.45, 2.75) is 70.2 Å². The molecule has 0 bridgehead atoms. The molecule has 1 aromatic rings. The number of para-hydroxylation sites is 1. The normalized spacial score (nSPS) is 26.9. The zero-order valence-corrected chi connectivity index (χ0v) is 17.2. The van der Waals surface area contributed by atoms with Gasteiger partial charge in [0, 0.05) is 36.7 Å². The number of aliphatic hydroxyl groups excluding tert-OH is 2. The van der Waals surface area contributed by atoms with Crippen molar-refractivity contribution in [3.05, 3.63) is 41.5 Å². The summed E-state index contributed by atoms with van der Waals surface area (Å²) < 4.78 is 6.24. The number of primary amides is 1. The number of benzene rings is 1. The number of aryl methyl sites for hydroxylation is 1. The number of amides is 1. The first-order valence-corrected chi connectivity index (χ1v) is 10.4. The van der Waals surface area contributed by atoms with Gasteiger partial charge in [0.15, 0.2) is 0 Å². The summed E-state index contributed by atoms with van der Waals surface area (Å²) in [7, 11) is 0. The molecular weight excluding hydrogens is 366 g/mol. The van der Waals surface area contributed by atoms with Crippen molar-refractivity contribution in [1.82, 2.24) is 0 Å². The van der Waals surface area contributed by atoms with E-state index in [2.05, 4.69) is 17.9 Å². The smallest absolute Gasteiger partial charge is 0.217 e. The lowest BCUT2D eigenvalue weighted by Crippen LogP contribution is -2.19. The molecule has 1 aliphatic carbocycles.